The Bertz CT molecular complexity index is 134. The maximum Gasteiger partial charge on any atom is 0.320 e. The van der Waals surface area contributed by atoms with Crippen LogP contribution >= 0.6 is 0 Å². The summed E-state index contributed by atoms with van der Waals surface area (Å²) in [6, 6.07) is 0. The SMILES string of the molecule is C=CCC(C)OC(=O)CNC. The number of nitrogens with one attached hydrogen (secondary N) is 1. The van der Waals surface area contributed by atoms with Crippen molar-refractivity contribution in [3.8, 4) is 0 Å². The molecular weight excluding hydrogens is 142 g/mol. The lowest BCUT2D eigenvalue weighted by atomic mass is 10.3. The molecule has 0 aliphatic heterocycles. The van der Waals surface area contributed by atoms with Gasteiger partial charge in [-0.05, 0) is 14.0 Å². The first-order valence-corrected chi connectivity index (χ1v) is 3.65. The summed E-state index contributed by atoms with van der Waals surface area (Å²) in [5, 5.41) is 2.71. The van der Waals surface area contributed by atoms with E-state index < -0.39 is 0 Å². The third-order valence-corrected chi connectivity index (χ3v) is 1.15. The summed E-state index contributed by atoms with van der Waals surface area (Å²) < 4.78 is 4.96. The fraction of sp³-hybridized carbons (Fsp3) is 0.625. The zero-order valence-electron chi connectivity index (χ0n) is 7.09. The second-order valence-corrected chi connectivity index (χ2v) is 2.36. The smallest absolute Gasteiger partial charge is 0.320 e. The van der Waals surface area contributed by atoms with Gasteiger partial charge in [0.1, 0.15) is 6.10 Å². The van der Waals surface area contributed by atoms with Crippen molar-refractivity contribution in [2.24, 2.45) is 0 Å². The molecule has 0 saturated carbocycles. The van der Waals surface area contributed by atoms with Gasteiger partial charge in [-0.2, -0.15) is 0 Å². The number of ether oxygens (including phenoxy) is 1. The van der Waals surface area contributed by atoms with Gasteiger partial charge >= 0.3 is 5.97 Å². The molecule has 0 radical (unpaired) electrons. The molecule has 0 aromatic carbocycles. The minimum atomic E-state index is -0.221. The summed E-state index contributed by atoms with van der Waals surface area (Å²) in [5.41, 5.74) is 0. The Balaban J connectivity index is 3.48. The molecule has 11 heavy (non-hydrogen) atoms. The zero-order valence-corrected chi connectivity index (χ0v) is 7.09. The van der Waals surface area contributed by atoms with Gasteiger partial charge in [-0.3, -0.25) is 4.79 Å². The Hall–Kier alpha value is -0.830. The first kappa shape index (κ1) is 10.2. The molecule has 0 heterocycles. The number of esters is 1. The van der Waals surface area contributed by atoms with E-state index in [4.69, 9.17) is 4.74 Å². The molecular formula is C8H15NO2. The Labute approximate surface area is 67.4 Å². The quantitative estimate of drug-likeness (QED) is 0.472. The molecule has 64 valence electrons. The van der Waals surface area contributed by atoms with Gasteiger partial charge in [0.2, 0.25) is 0 Å². The standard InChI is InChI=1S/C8H15NO2/c1-4-5-7(2)11-8(10)6-9-3/h4,7,9H,1,5-6H2,2-3H3. The summed E-state index contributed by atoms with van der Waals surface area (Å²) in [6.07, 6.45) is 2.38. The third kappa shape index (κ3) is 5.61. The van der Waals surface area contributed by atoms with Crippen LogP contribution in [0.4, 0.5) is 0 Å². The van der Waals surface area contributed by atoms with Crippen LogP contribution in [0.3, 0.4) is 0 Å². The third-order valence-electron chi connectivity index (χ3n) is 1.15. The topological polar surface area (TPSA) is 38.3 Å². The Kier molecular flexibility index (Phi) is 5.47. The lowest BCUT2D eigenvalue weighted by Crippen LogP contribution is -2.24. The van der Waals surface area contributed by atoms with Crippen LogP contribution in [0.1, 0.15) is 13.3 Å². The lowest BCUT2D eigenvalue weighted by Gasteiger charge is -2.10. The van der Waals surface area contributed by atoms with E-state index in [0.717, 1.165) is 0 Å². The fourth-order valence-corrected chi connectivity index (χ4v) is 0.693. The van der Waals surface area contributed by atoms with Crippen molar-refractivity contribution in [1.29, 1.82) is 0 Å². The van der Waals surface area contributed by atoms with E-state index in [1.807, 2.05) is 6.92 Å². The molecule has 1 atom stereocenters. The van der Waals surface area contributed by atoms with Crippen LogP contribution in [-0.2, 0) is 9.53 Å². The molecule has 0 saturated heterocycles. The predicted molar refractivity (Wildman–Crippen MR) is 44.3 cm³/mol. The van der Waals surface area contributed by atoms with Crippen molar-refractivity contribution < 1.29 is 9.53 Å². The number of likely N-dealkylation sites (N-methyl/N-ethyl adjacent to an activating group) is 1. The van der Waals surface area contributed by atoms with E-state index in [0.29, 0.717) is 6.42 Å². The van der Waals surface area contributed by atoms with E-state index >= 15 is 0 Å². The number of rotatable bonds is 5. The molecule has 3 heteroatoms. The summed E-state index contributed by atoms with van der Waals surface area (Å²) in [6.45, 7) is 5.65. The van der Waals surface area contributed by atoms with Gasteiger partial charge in [0.25, 0.3) is 0 Å². The van der Waals surface area contributed by atoms with Crippen molar-refractivity contribution in [2.45, 2.75) is 19.4 Å². The van der Waals surface area contributed by atoms with E-state index in [2.05, 4.69) is 11.9 Å². The molecule has 0 rings (SSSR count). The van der Waals surface area contributed by atoms with Crippen LogP contribution in [0.5, 0.6) is 0 Å². The van der Waals surface area contributed by atoms with Gasteiger partial charge in [-0.15, -0.1) is 6.58 Å². The Morgan fingerprint density at radius 3 is 2.91 bits per heavy atom. The second kappa shape index (κ2) is 5.92. The normalized spacial score (nSPS) is 12.2. The summed E-state index contributed by atoms with van der Waals surface area (Å²) in [7, 11) is 1.71. The molecule has 0 amide bonds. The van der Waals surface area contributed by atoms with Gasteiger partial charge in [-0.1, -0.05) is 6.08 Å². The summed E-state index contributed by atoms with van der Waals surface area (Å²) in [4.78, 5) is 10.8. The van der Waals surface area contributed by atoms with Crippen molar-refractivity contribution >= 4 is 5.97 Å². The molecule has 1 unspecified atom stereocenters. The van der Waals surface area contributed by atoms with E-state index in [-0.39, 0.29) is 18.6 Å². The van der Waals surface area contributed by atoms with Crippen molar-refractivity contribution in [3.63, 3.8) is 0 Å². The minimum absolute atomic E-state index is 0.0617. The number of carbonyl (C=O) groups is 1. The highest BCUT2D eigenvalue weighted by atomic mass is 16.5. The van der Waals surface area contributed by atoms with Crippen LogP contribution in [0.15, 0.2) is 12.7 Å². The molecule has 0 aromatic rings. The Morgan fingerprint density at radius 1 is 1.82 bits per heavy atom. The predicted octanol–water partition coefficient (Wildman–Crippen LogP) is 0.714. The van der Waals surface area contributed by atoms with Crippen LogP contribution in [0, 0.1) is 0 Å². The zero-order chi connectivity index (χ0) is 8.69. The van der Waals surface area contributed by atoms with E-state index in [1.165, 1.54) is 0 Å². The van der Waals surface area contributed by atoms with Gasteiger partial charge in [0, 0.05) is 6.42 Å². The maximum absolute atomic E-state index is 10.8. The van der Waals surface area contributed by atoms with Crippen LogP contribution in [0.2, 0.25) is 0 Å². The van der Waals surface area contributed by atoms with Crippen molar-refractivity contribution in [2.75, 3.05) is 13.6 Å². The molecule has 0 spiro atoms. The van der Waals surface area contributed by atoms with Crippen LogP contribution in [-0.4, -0.2) is 25.7 Å². The monoisotopic (exact) mass is 157 g/mol. The van der Waals surface area contributed by atoms with Gasteiger partial charge < -0.3 is 10.1 Å². The molecule has 1 N–H and O–H groups in total. The van der Waals surface area contributed by atoms with Gasteiger partial charge in [0.15, 0.2) is 0 Å². The first-order valence-electron chi connectivity index (χ1n) is 3.65. The Morgan fingerprint density at radius 2 is 2.45 bits per heavy atom. The lowest BCUT2D eigenvalue weighted by molar-refractivity contribution is -0.146. The van der Waals surface area contributed by atoms with Gasteiger partial charge in [0.05, 0.1) is 6.54 Å². The van der Waals surface area contributed by atoms with E-state index in [1.54, 1.807) is 13.1 Å². The molecule has 0 aliphatic rings. The maximum atomic E-state index is 10.8. The molecule has 0 bridgehead atoms. The van der Waals surface area contributed by atoms with E-state index in [9.17, 15) is 4.79 Å². The van der Waals surface area contributed by atoms with Crippen molar-refractivity contribution in [3.05, 3.63) is 12.7 Å². The minimum Gasteiger partial charge on any atom is -0.461 e. The first-order chi connectivity index (χ1) is 5.20. The fourth-order valence-electron chi connectivity index (χ4n) is 0.693. The van der Waals surface area contributed by atoms with Crippen molar-refractivity contribution in [1.82, 2.24) is 5.32 Å². The molecule has 0 fully saturated rings. The number of carbonyl (C=O) groups excluding carboxylic acids is 1. The average molecular weight is 157 g/mol. The number of hydrogen-bond acceptors (Lipinski definition) is 3. The summed E-state index contributed by atoms with van der Waals surface area (Å²) in [5.74, 6) is -0.221. The van der Waals surface area contributed by atoms with Crippen LogP contribution in [0.25, 0.3) is 0 Å². The highest BCUT2D eigenvalue weighted by molar-refractivity contribution is 5.71. The number of hydrogen-bond donors (Lipinski definition) is 1. The highest BCUT2D eigenvalue weighted by Crippen LogP contribution is 1.97. The molecule has 0 aromatic heterocycles. The van der Waals surface area contributed by atoms with Gasteiger partial charge in [-0.25, -0.2) is 0 Å². The van der Waals surface area contributed by atoms with Crippen LogP contribution < -0.4 is 5.32 Å². The summed E-state index contributed by atoms with van der Waals surface area (Å²) >= 11 is 0. The largest absolute Gasteiger partial charge is 0.461 e. The molecule has 3 nitrogen and oxygen atoms in total. The second-order valence-electron chi connectivity index (χ2n) is 2.36. The average Bonchev–Trinajstić information content (AvgIpc) is 1.87. The highest BCUT2D eigenvalue weighted by Gasteiger charge is 2.05. The molecule has 0 aliphatic carbocycles.